The van der Waals surface area contributed by atoms with E-state index in [9.17, 15) is 9.59 Å². The molecule has 3 N–H and O–H groups in total. The Balaban J connectivity index is 1.65. The first-order valence-corrected chi connectivity index (χ1v) is 7.18. The average Bonchev–Trinajstić information content (AvgIpc) is 3.14. The van der Waals surface area contributed by atoms with Crippen molar-refractivity contribution in [1.29, 1.82) is 0 Å². The fourth-order valence-corrected chi connectivity index (χ4v) is 2.56. The fraction of sp³-hybridized carbons (Fsp3) is 0.400. The average molecular weight is 303 g/mol. The van der Waals surface area contributed by atoms with Gasteiger partial charge in [0.2, 0.25) is 5.91 Å². The number of hydrogen-bond donors (Lipinski definition) is 3. The summed E-state index contributed by atoms with van der Waals surface area (Å²) in [4.78, 5) is 30.6. The van der Waals surface area contributed by atoms with Crippen molar-refractivity contribution < 1.29 is 19.4 Å². The molecule has 1 amide bonds. The first-order chi connectivity index (χ1) is 10.5. The van der Waals surface area contributed by atoms with Crippen LogP contribution in [0.15, 0.2) is 24.3 Å². The van der Waals surface area contributed by atoms with Crippen LogP contribution in [0.25, 0.3) is 11.0 Å². The number of carboxylic acids is 1. The molecule has 1 fully saturated rings. The number of carboxylic acid groups (broad SMARTS) is 1. The Morgan fingerprint density at radius 1 is 1.36 bits per heavy atom. The number of carbonyl (C=O) groups is 2. The summed E-state index contributed by atoms with van der Waals surface area (Å²) in [6, 6.07) is 7.30. The molecule has 0 spiro atoms. The standard InChI is InChI=1S/C15H17N3O4/c1-8(13-17-9-4-2-3-5-10(9)18-13)16-14(19)11-6-7-12(22-11)15(20)21/h2-5,8,11-12H,6-7H2,1H3,(H,16,19)(H,17,18)(H,20,21)/t8?,11-,12+/m0/s1. The van der Waals surface area contributed by atoms with Crippen LogP contribution in [0, 0.1) is 0 Å². The molecule has 22 heavy (non-hydrogen) atoms. The second-order valence-electron chi connectivity index (χ2n) is 5.40. The van der Waals surface area contributed by atoms with Gasteiger partial charge in [0.1, 0.15) is 11.9 Å². The Hall–Kier alpha value is -2.41. The SMILES string of the molecule is CC(NC(=O)[C@@H]1CC[C@H](C(=O)O)O1)c1nc2ccccc2[nH]1. The Morgan fingerprint density at radius 3 is 2.77 bits per heavy atom. The normalized spacial score (nSPS) is 22.6. The number of aromatic amines is 1. The molecule has 0 radical (unpaired) electrons. The zero-order valence-corrected chi connectivity index (χ0v) is 12.1. The number of H-pyrrole nitrogens is 1. The van der Waals surface area contributed by atoms with Gasteiger partial charge in [0, 0.05) is 0 Å². The summed E-state index contributed by atoms with van der Waals surface area (Å²) in [5, 5.41) is 11.7. The predicted octanol–water partition coefficient (Wildman–Crippen LogP) is 1.37. The summed E-state index contributed by atoms with van der Waals surface area (Å²) in [5.41, 5.74) is 1.74. The minimum atomic E-state index is -1.03. The van der Waals surface area contributed by atoms with Crippen molar-refractivity contribution in [3.05, 3.63) is 30.1 Å². The van der Waals surface area contributed by atoms with Crippen molar-refractivity contribution in [2.75, 3.05) is 0 Å². The molecule has 2 aromatic rings. The summed E-state index contributed by atoms with van der Waals surface area (Å²) >= 11 is 0. The smallest absolute Gasteiger partial charge is 0.332 e. The molecule has 1 aliphatic heterocycles. The number of amides is 1. The van der Waals surface area contributed by atoms with Crippen molar-refractivity contribution in [1.82, 2.24) is 15.3 Å². The molecule has 3 rings (SSSR count). The Kier molecular flexibility index (Phi) is 3.81. The first kappa shape index (κ1) is 14.5. The van der Waals surface area contributed by atoms with E-state index >= 15 is 0 Å². The molecule has 7 nitrogen and oxygen atoms in total. The highest BCUT2D eigenvalue weighted by atomic mass is 16.5. The molecule has 2 heterocycles. The van der Waals surface area contributed by atoms with Crippen LogP contribution in [0.1, 0.15) is 31.6 Å². The van der Waals surface area contributed by atoms with Gasteiger partial charge >= 0.3 is 5.97 Å². The lowest BCUT2D eigenvalue weighted by Crippen LogP contribution is -2.37. The van der Waals surface area contributed by atoms with E-state index in [0.717, 1.165) is 11.0 Å². The van der Waals surface area contributed by atoms with Crippen LogP contribution in [0.4, 0.5) is 0 Å². The third kappa shape index (κ3) is 2.80. The highest BCUT2D eigenvalue weighted by molar-refractivity contribution is 5.83. The summed E-state index contributed by atoms with van der Waals surface area (Å²) in [6.07, 6.45) is -0.840. The minimum Gasteiger partial charge on any atom is -0.479 e. The maximum absolute atomic E-state index is 12.1. The van der Waals surface area contributed by atoms with Crippen LogP contribution in [0.5, 0.6) is 0 Å². The topological polar surface area (TPSA) is 104 Å². The third-order valence-corrected chi connectivity index (χ3v) is 3.76. The number of hydrogen-bond acceptors (Lipinski definition) is 4. The van der Waals surface area contributed by atoms with E-state index in [2.05, 4.69) is 15.3 Å². The van der Waals surface area contributed by atoms with E-state index in [0.29, 0.717) is 18.7 Å². The van der Waals surface area contributed by atoms with Gasteiger partial charge in [0.25, 0.3) is 0 Å². The van der Waals surface area contributed by atoms with E-state index < -0.39 is 18.2 Å². The molecule has 1 aromatic carbocycles. The molecule has 1 unspecified atom stereocenters. The molecule has 1 aliphatic rings. The molecule has 7 heteroatoms. The van der Waals surface area contributed by atoms with Crippen LogP contribution in [-0.2, 0) is 14.3 Å². The van der Waals surface area contributed by atoms with Gasteiger partial charge in [-0.05, 0) is 31.9 Å². The zero-order valence-electron chi connectivity index (χ0n) is 12.1. The van der Waals surface area contributed by atoms with Crippen LogP contribution >= 0.6 is 0 Å². The predicted molar refractivity (Wildman–Crippen MR) is 78.2 cm³/mol. The van der Waals surface area contributed by atoms with Crippen LogP contribution < -0.4 is 5.32 Å². The summed E-state index contributed by atoms with van der Waals surface area (Å²) in [7, 11) is 0. The van der Waals surface area contributed by atoms with E-state index in [4.69, 9.17) is 9.84 Å². The van der Waals surface area contributed by atoms with E-state index in [1.807, 2.05) is 31.2 Å². The van der Waals surface area contributed by atoms with Crippen molar-refractivity contribution in [3.8, 4) is 0 Å². The number of nitrogens with one attached hydrogen (secondary N) is 2. The lowest BCUT2D eigenvalue weighted by Gasteiger charge is -2.15. The quantitative estimate of drug-likeness (QED) is 0.791. The number of nitrogens with zero attached hydrogens (tertiary/aromatic N) is 1. The number of aliphatic carboxylic acids is 1. The molecule has 0 bridgehead atoms. The van der Waals surface area contributed by atoms with E-state index in [1.165, 1.54) is 0 Å². The second kappa shape index (κ2) is 5.76. The zero-order chi connectivity index (χ0) is 15.7. The Morgan fingerprint density at radius 2 is 2.09 bits per heavy atom. The van der Waals surface area contributed by atoms with Crippen LogP contribution in [-0.4, -0.2) is 39.2 Å². The van der Waals surface area contributed by atoms with Gasteiger partial charge in [0.15, 0.2) is 6.10 Å². The fourth-order valence-electron chi connectivity index (χ4n) is 2.56. The highest BCUT2D eigenvalue weighted by Crippen LogP contribution is 2.21. The molecular weight excluding hydrogens is 286 g/mol. The Bertz CT molecular complexity index is 679. The molecule has 1 saturated heterocycles. The van der Waals surface area contributed by atoms with Gasteiger partial charge in [-0.2, -0.15) is 0 Å². The Labute approximate surface area is 126 Å². The maximum atomic E-state index is 12.1. The van der Waals surface area contributed by atoms with Crippen molar-refractivity contribution in [2.45, 2.75) is 38.0 Å². The van der Waals surface area contributed by atoms with Gasteiger partial charge < -0.3 is 20.1 Å². The van der Waals surface area contributed by atoms with Gasteiger partial charge in [-0.25, -0.2) is 9.78 Å². The van der Waals surface area contributed by atoms with Crippen molar-refractivity contribution in [3.63, 3.8) is 0 Å². The number of fused-ring (bicyclic) bond motifs is 1. The van der Waals surface area contributed by atoms with Gasteiger partial charge in [0.05, 0.1) is 17.1 Å². The van der Waals surface area contributed by atoms with E-state index in [-0.39, 0.29) is 11.9 Å². The summed E-state index contributed by atoms with van der Waals surface area (Å²) in [6.45, 7) is 1.82. The number of para-hydroxylation sites is 2. The number of benzene rings is 1. The van der Waals surface area contributed by atoms with Gasteiger partial charge in [-0.1, -0.05) is 12.1 Å². The molecule has 3 atom stereocenters. The molecule has 0 aliphatic carbocycles. The lowest BCUT2D eigenvalue weighted by atomic mass is 10.2. The minimum absolute atomic E-state index is 0.309. The molecule has 0 saturated carbocycles. The van der Waals surface area contributed by atoms with Crippen molar-refractivity contribution in [2.24, 2.45) is 0 Å². The number of carbonyl (C=O) groups excluding carboxylic acids is 1. The summed E-state index contributed by atoms with van der Waals surface area (Å²) < 4.78 is 5.24. The first-order valence-electron chi connectivity index (χ1n) is 7.18. The number of rotatable bonds is 4. The number of ether oxygens (including phenoxy) is 1. The van der Waals surface area contributed by atoms with Crippen LogP contribution in [0.2, 0.25) is 0 Å². The monoisotopic (exact) mass is 303 g/mol. The molecule has 116 valence electrons. The third-order valence-electron chi connectivity index (χ3n) is 3.76. The van der Waals surface area contributed by atoms with Gasteiger partial charge in [-0.15, -0.1) is 0 Å². The molecule has 1 aromatic heterocycles. The largest absolute Gasteiger partial charge is 0.479 e. The maximum Gasteiger partial charge on any atom is 0.332 e. The van der Waals surface area contributed by atoms with Gasteiger partial charge in [-0.3, -0.25) is 4.79 Å². The highest BCUT2D eigenvalue weighted by Gasteiger charge is 2.35. The number of imidazole rings is 1. The summed E-state index contributed by atoms with van der Waals surface area (Å²) in [5.74, 6) is -0.681. The lowest BCUT2D eigenvalue weighted by molar-refractivity contribution is -0.151. The molecular formula is C15H17N3O4. The van der Waals surface area contributed by atoms with Crippen molar-refractivity contribution >= 4 is 22.9 Å². The second-order valence-corrected chi connectivity index (χ2v) is 5.40. The van der Waals surface area contributed by atoms with E-state index in [1.54, 1.807) is 0 Å². The number of aromatic nitrogens is 2. The van der Waals surface area contributed by atoms with Crippen LogP contribution in [0.3, 0.4) is 0 Å².